The summed E-state index contributed by atoms with van der Waals surface area (Å²) in [5, 5.41) is 3.98. The molecular formula is C21H38N2O2. The van der Waals surface area contributed by atoms with Gasteiger partial charge in [0.25, 0.3) is 0 Å². The maximum Gasteiger partial charge on any atom is 0.410 e. The molecule has 0 aromatic carbocycles. The summed E-state index contributed by atoms with van der Waals surface area (Å²) in [6.07, 6.45) is 7.30. The average Bonchev–Trinajstić information content (AvgIpc) is 2.74. The van der Waals surface area contributed by atoms with Crippen molar-refractivity contribution in [2.75, 3.05) is 13.1 Å². The zero-order valence-corrected chi connectivity index (χ0v) is 17.2. The predicted molar refractivity (Wildman–Crippen MR) is 102 cm³/mol. The highest BCUT2D eigenvalue weighted by Crippen LogP contribution is 2.65. The van der Waals surface area contributed by atoms with Gasteiger partial charge in [-0.2, -0.15) is 0 Å². The van der Waals surface area contributed by atoms with Crippen molar-refractivity contribution >= 4 is 6.09 Å². The lowest BCUT2D eigenvalue weighted by Crippen LogP contribution is -2.52. The summed E-state index contributed by atoms with van der Waals surface area (Å²) >= 11 is 0. The molecule has 0 spiro atoms. The molecule has 3 fully saturated rings. The SMILES string of the molecule is CC(C)(C)OC(=O)N1CCCCC(NC2CC3CCC2(C)C3(C)C)C1. The second kappa shape index (κ2) is 6.44. The molecule has 2 saturated carbocycles. The maximum absolute atomic E-state index is 12.5. The Morgan fingerprint density at radius 1 is 1.16 bits per heavy atom. The number of ether oxygens (including phenoxy) is 1. The number of amides is 1. The van der Waals surface area contributed by atoms with E-state index in [4.69, 9.17) is 4.74 Å². The molecule has 25 heavy (non-hydrogen) atoms. The fraction of sp³-hybridized carbons (Fsp3) is 0.952. The number of nitrogens with zero attached hydrogens (tertiary/aromatic N) is 1. The molecule has 1 saturated heterocycles. The van der Waals surface area contributed by atoms with E-state index in [2.05, 4.69) is 26.1 Å². The average molecular weight is 351 g/mol. The third kappa shape index (κ3) is 3.56. The molecule has 4 heteroatoms. The summed E-state index contributed by atoms with van der Waals surface area (Å²) in [6, 6.07) is 0.983. The fourth-order valence-corrected chi connectivity index (χ4v) is 5.51. The summed E-state index contributed by atoms with van der Waals surface area (Å²) in [4.78, 5) is 14.4. The second-order valence-corrected chi connectivity index (χ2v) is 10.4. The van der Waals surface area contributed by atoms with Gasteiger partial charge < -0.3 is 15.0 Å². The monoisotopic (exact) mass is 350 g/mol. The highest BCUT2D eigenvalue weighted by Gasteiger charge is 2.61. The van der Waals surface area contributed by atoms with Gasteiger partial charge in [-0.1, -0.05) is 27.2 Å². The maximum atomic E-state index is 12.5. The van der Waals surface area contributed by atoms with E-state index in [9.17, 15) is 4.79 Å². The Morgan fingerprint density at radius 2 is 1.88 bits per heavy atom. The van der Waals surface area contributed by atoms with Gasteiger partial charge in [-0.25, -0.2) is 4.79 Å². The molecule has 1 amide bonds. The molecule has 0 aromatic rings. The van der Waals surface area contributed by atoms with E-state index in [0.29, 0.717) is 22.9 Å². The van der Waals surface area contributed by atoms with E-state index >= 15 is 0 Å². The van der Waals surface area contributed by atoms with Crippen LogP contribution >= 0.6 is 0 Å². The van der Waals surface area contributed by atoms with Crippen LogP contribution in [0.1, 0.15) is 80.1 Å². The van der Waals surface area contributed by atoms with Crippen LogP contribution in [0.15, 0.2) is 0 Å². The normalized spacial score (nSPS) is 37.8. The summed E-state index contributed by atoms with van der Waals surface area (Å²) in [5.41, 5.74) is 0.398. The summed E-state index contributed by atoms with van der Waals surface area (Å²) in [6.45, 7) is 14.8. The molecule has 3 rings (SSSR count). The zero-order valence-electron chi connectivity index (χ0n) is 17.2. The number of nitrogens with one attached hydrogen (secondary N) is 1. The van der Waals surface area contributed by atoms with Crippen LogP contribution in [0.5, 0.6) is 0 Å². The van der Waals surface area contributed by atoms with Crippen LogP contribution in [0.4, 0.5) is 4.79 Å². The lowest BCUT2D eigenvalue weighted by atomic mass is 9.69. The van der Waals surface area contributed by atoms with Gasteiger partial charge in [0.2, 0.25) is 0 Å². The molecule has 144 valence electrons. The minimum absolute atomic E-state index is 0.152. The van der Waals surface area contributed by atoms with Gasteiger partial charge in [-0.15, -0.1) is 0 Å². The van der Waals surface area contributed by atoms with Crippen molar-refractivity contribution in [2.45, 2.75) is 97.8 Å². The van der Waals surface area contributed by atoms with Gasteiger partial charge in [0.15, 0.2) is 0 Å². The highest BCUT2D eigenvalue weighted by atomic mass is 16.6. The number of carbonyl (C=O) groups excluding carboxylic acids is 1. The summed E-state index contributed by atoms with van der Waals surface area (Å²) in [5.74, 6) is 0.850. The van der Waals surface area contributed by atoms with Crippen LogP contribution in [0.3, 0.4) is 0 Å². The Morgan fingerprint density at radius 3 is 2.44 bits per heavy atom. The Kier molecular flexibility index (Phi) is 4.89. The van der Waals surface area contributed by atoms with E-state index in [1.54, 1.807) is 0 Å². The van der Waals surface area contributed by atoms with Crippen molar-refractivity contribution in [2.24, 2.45) is 16.7 Å². The van der Waals surface area contributed by atoms with E-state index in [0.717, 1.165) is 31.8 Å². The minimum atomic E-state index is -0.422. The molecule has 1 aliphatic heterocycles. The Balaban J connectivity index is 1.64. The smallest absolute Gasteiger partial charge is 0.410 e. The molecule has 2 bridgehead atoms. The third-order valence-corrected chi connectivity index (χ3v) is 7.55. The number of fused-ring (bicyclic) bond motifs is 2. The van der Waals surface area contributed by atoms with Crippen molar-refractivity contribution in [3.05, 3.63) is 0 Å². The predicted octanol–water partition coefficient (Wildman–Crippen LogP) is 4.58. The Bertz CT molecular complexity index is 511. The Labute approximate surface area is 154 Å². The van der Waals surface area contributed by atoms with Crippen molar-refractivity contribution in [1.29, 1.82) is 0 Å². The van der Waals surface area contributed by atoms with Crippen LogP contribution in [-0.2, 0) is 4.74 Å². The highest BCUT2D eigenvalue weighted by molar-refractivity contribution is 5.68. The molecule has 4 atom stereocenters. The standard InChI is InChI=1S/C21H38N2O2/c1-19(2,3)25-18(24)23-12-8-7-9-16(14-23)22-17-13-15-10-11-21(17,6)20(15,4)5/h15-17,22H,7-14H2,1-6H3. The number of rotatable bonds is 2. The number of hydrogen-bond donors (Lipinski definition) is 1. The molecule has 0 aromatic heterocycles. The van der Waals surface area contributed by atoms with Gasteiger partial charge >= 0.3 is 6.09 Å². The van der Waals surface area contributed by atoms with Gasteiger partial charge in [0.05, 0.1) is 0 Å². The summed E-state index contributed by atoms with van der Waals surface area (Å²) < 4.78 is 5.61. The second-order valence-electron chi connectivity index (χ2n) is 10.4. The lowest BCUT2D eigenvalue weighted by molar-refractivity contribution is 0.0234. The third-order valence-electron chi connectivity index (χ3n) is 7.55. The first-order chi connectivity index (χ1) is 11.5. The van der Waals surface area contributed by atoms with Crippen molar-refractivity contribution in [3.63, 3.8) is 0 Å². The number of carbonyl (C=O) groups is 1. The van der Waals surface area contributed by atoms with Crippen molar-refractivity contribution < 1.29 is 9.53 Å². The minimum Gasteiger partial charge on any atom is -0.444 e. The number of likely N-dealkylation sites (tertiary alicyclic amines) is 1. The van der Waals surface area contributed by atoms with Crippen LogP contribution in [0.2, 0.25) is 0 Å². The van der Waals surface area contributed by atoms with Gasteiger partial charge in [-0.3, -0.25) is 0 Å². The first-order valence-corrected chi connectivity index (χ1v) is 10.3. The zero-order chi connectivity index (χ0) is 18.5. The first-order valence-electron chi connectivity index (χ1n) is 10.3. The lowest BCUT2D eigenvalue weighted by Gasteiger charge is -2.41. The molecule has 2 aliphatic carbocycles. The van der Waals surface area contributed by atoms with Crippen LogP contribution in [-0.4, -0.2) is 41.8 Å². The van der Waals surface area contributed by atoms with Gasteiger partial charge in [0.1, 0.15) is 5.60 Å². The van der Waals surface area contributed by atoms with Gasteiger partial charge in [-0.05, 0) is 69.6 Å². The molecule has 0 radical (unpaired) electrons. The largest absolute Gasteiger partial charge is 0.444 e. The Hall–Kier alpha value is -0.770. The molecular weight excluding hydrogens is 312 g/mol. The molecule has 1 heterocycles. The van der Waals surface area contributed by atoms with E-state index in [1.165, 1.54) is 25.7 Å². The number of hydrogen-bond acceptors (Lipinski definition) is 3. The van der Waals surface area contributed by atoms with Crippen LogP contribution in [0, 0.1) is 16.7 Å². The quantitative estimate of drug-likeness (QED) is 0.792. The van der Waals surface area contributed by atoms with Crippen molar-refractivity contribution in [3.8, 4) is 0 Å². The topological polar surface area (TPSA) is 41.6 Å². The van der Waals surface area contributed by atoms with E-state index < -0.39 is 5.60 Å². The summed E-state index contributed by atoms with van der Waals surface area (Å²) in [7, 11) is 0. The molecule has 4 nitrogen and oxygen atoms in total. The van der Waals surface area contributed by atoms with Crippen molar-refractivity contribution in [1.82, 2.24) is 10.2 Å². The van der Waals surface area contributed by atoms with E-state index in [-0.39, 0.29) is 6.09 Å². The molecule has 1 N–H and O–H groups in total. The molecule has 3 aliphatic rings. The first kappa shape index (κ1) is 19.0. The van der Waals surface area contributed by atoms with Crippen LogP contribution < -0.4 is 5.32 Å². The fourth-order valence-electron chi connectivity index (χ4n) is 5.51. The van der Waals surface area contributed by atoms with Gasteiger partial charge in [0, 0.05) is 25.2 Å². The molecule has 4 unspecified atom stereocenters. The van der Waals surface area contributed by atoms with Crippen LogP contribution in [0.25, 0.3) is 0 Å². The van der Waals surface area contributed by atoms with E-state index in [1.807, 2.05) is 25.7 Å².